The summed E-state index contributed by atoms with van der Waals surface area (Å²) in [6.07, 6.45) is 12.1. The lowest BCUT2D eigenvalue weighted by molar-refractivity contribution is -0.131. The molecular weight excluding hydrogens is 300 g/mol. The summed E-state index contributed by atoms with van der Waals surface area (Å²) in [6, 6.07) is 0. The van der Waals surface area contributed by atoms with E-state index in [0.717, 1.165) is 30.6 Å². The Hall–Kier alpha value is -0.0900. The van der Waals surface area contributed by atoms with E-state index in [1.807, 2.05) is 0 Å². The van der Waals surface area contributed by atoms with Crippen molar-refractivity contribution in [2.24, 2.45) is 17.8 Å². The van der Waals surface area contributed by atoms with Gasteiger partial charge in [-0.25, -0.2) is 4.79 Å². The fourth-order valence-electron chi connectivity index (χ4n) is 2.90. The maximum Gasteiger partial charge on any atom is 0.327 e. The standard InChI is InChI=1S/C17H28O2S2/c18-17(19)6-4-2-1-3-5-15-12-21-13-16(15)9-10-20-11-14-7-8-14/h4,6,14-16H,1-3,5,7-13H2,(H,18,19)/t15-,16+/m0/s1. The molecule has 1 saturated carbocycles. The number of aliphatic carboxylic acids is 1. The lowest BCUT2D eigenvalue weighted by Crippen LogP contribution is -2.13. The van der Waals surface area contributed by atoms with Gasteiger partial charge in [-0.1, -0.05) is 12.5 Å². The van der Waals surface area contributed by atoms with Gasteiger partial charge in [0.15, 0.2) is 0 Å². The number of hydrogen-bond acceptors (Lipinski definition) is 3. The predicted molar refractivity (Wildman–Crippen MR) is 94.2 cm³/mol. The highest BCUT2D eigenvalue weighted by molar-refractivity contribution is 7.99. The summed E-state index contributed by atoms with van der Waals surface area (Å²) in [7, 11) is 0. The van der Waals surface area contributed by atoms with Crippen LogP contribution in [-0.4, -0.2) is 34.1 Å². The molecule has 2 rings (SSSR count). The van der Waals surface area contributed by atoms with Gasteiger partial charge < -0.3 is 5.11 Å². The molecule has 2 atom stereocenters. The molecule has 1 aliphatic carbocycles. The minimum absolute atomic E-state index is 0.828. The number of carbonyl (C=O) groups is 1. The fraction of sp³-hybridized carbons (Fsp3) is 0.824. The van der Waals surface area contributed by atoms with E-state index in [-0.39, 0.29) is 0 Å². The molecule has 0 aromatic heterocycles. The normalized spacial score (nSPS) is 25.7. The van der Waals surface area contributed by atoms with Crippen molar-refractivity contribution in [2.45, 2.75) is 44.9 Å². The van der Waals surface area contributed by atoms with Gasteiger partial charge in [0, 0.05) is 6.08 Å². The number of allylic oxidation sites excluding steroid dienone is 1. The van der Waals surface area contributed by atoms with Crippen LogP contribution in [0.4, 0.5) is 0 Å². The van der Waals surface area contributed by atoms with Crippen LogP contribution >= 0.6 is 23.5 Å². The molecule has 21 heavy (non-hydrogen) atoms. The smallest absolute Gasteiger partial charge is 0.327 e. The van der Waals surface area contributed by atoms with E-state index in [1.165, 1.54) is 61.2 Å². The molecule has 2 fully saturated rings. The van der Waals surface area contributed by atoms with Crippen molar-refractivity contribution < 1.29 is 9.90 Å². The van der Waals surface area contributed by atoms with Gasteiger partial charge >= 0.3 is 5.97 Å². The number of thioether (sulfide) groups is 2. The van der Waals surface area contributed by atoms with E-state index in [1.54, 1.807) is 6.08 Å². The summed E-state index contributed by atoms with van der Waals surface area (Å²) in [6.45, 7) is 0. The van der Waals surface area contributed by atoms with Gasteiger partial charge in [0.05, 0.1) is 0 Å². The highest BCUT2D eigenvalue weighted by atomic mass is 32.2. The van der Waals surface area contributed by atoms with Crippen molar-refractivity contribution in [3.05, 3.63) is 12.2 Å². The van der Waals surface area contributed by atoms with Gasteiger partial charge in [-0.05, 0) is 79.3 Å². The van der Waals surface area contributed by atoms with Crippen molar-refractivity contribution in [2.75, 3.05) is 23.0 Å². The number of carboxylic acid groups (broad SMARTS) is 1. The minimum atomic E-state index is -0.828. The number of hydrogen-bond donors (Lipinski definition) is 1. The Bertz CT molecular complexity index is 340. The molecule has 0 aromatic carbocycles. The fourth-order valence-corrected chi connectivity index (χ4v) is 5.83. The molecule has 2 aliphatic rings. The van der Waals surface area contributed by atoms with Crippen molar-refractivity contribution >= 4 is 29.5 Å². The molecular formula is C17H28O2S2. The topological polar surface area (TPSA) is 37.3 Å². The largest absolute Gasteiger partial charge is 0.478 e. The van der Waals surface area contributed by atoms with Gasteiger partial charge in [-0.3, -0.25) is 0 Å². The second-order valence-corrected chi connectivity index (χ2v) is 8.61. The maximum absolute atomic E-state index is 10.4. The first kappa shape index (κ1) is 17.3. The first-order valence-corrected chi connectivity index (χ1v) is 10.6. The highest BCUT2D eigenvalue weighted by Gasteiger charge is 2.27. The molecule has 0 spiro atoms. The van der Waals surface area contributed by atoms with Gasteiger partial charge in [0.1, 0.15) is 0 Å². The van der Waals surface area contributed by atoms with E-state index in [2.05, 4.69) is 23.5 Å². The Morgan fingerprint density at radius 2 is 1.95 bits per heavy atom. The second kappa shape index (κ2) is 9.83. The van der Waals surface area contributed by atoms with E-state index in [4.69, 9.17) is 5.11 Å². The van der Waals surface area contributed by atoms with Gasteiger partial charge in [-0.2, -0.15) is 23.5 Å². The van der Waals surface area contributed by atoms with Crippen LogP contribution < -0.4 is 0 Å². The van der Waals surface area contributed by atoms with Gasteiger partial charge in [0.2, 0.25) is 0 Å². The molecule has 4 heteroatoms. The molecule has 0 aromatic rings. The monoisotopic (exact) mass is 328 g/mol. The number of unbranched alkanes of at least 4 members (excludes halogenated alkanes) is 2. The maximum atomic E-state index is 10.4. The van der Waals surface area contributed by atoms with Crippen molar-refractivity contribution in [1.29, 1.82) is 0 Å². The Labute approximate surface area is 137 Å². The van der Waals surface area contributed by atoms with E-state index < -0.39 is 5.97 Å². The van der Waals surface area contributed by atoms with Crippen molar-refractivity contribution in [3.8, 4) is 0 Å². The quantitative estimate of drug-likeness (QED) is 0.440. The Morgan fingerprint density at radius 1 is 1.19 bits per heavy atom. The molecule has 0 unspecified atom stereocenters. The molecule has 0 bridgehead atoms. The lowest BCUT2D eigenvalue weighted by atomic mass is 9.89. The van der Waals surface area contributed by atoms with Gasteiger partial charge in [-0.15, -0.1) is 0 Å². The zero-order valence-corrected chi connectivity index (χ0v) is 14.5. The molecule has 1 saturated heterocycles. The summed E-state index contributed by atoms with van der Waals surface area (Å²) in [4.78, 5) is 10.4. The molecule has 120 valence electrons. The van der Waals surface area contributed by atoms with Crippen molar-refractivity contribution in [3.63, 3.8) is 0 Å². The van der Waals surface area contributed by atoms with Gasteiger partial charge in [0.25, 0.3) is 0 Å². The summed E-state index contributed by atoms with van der Waals surface area (Å²) in [5.41, 5.74) is 0. The van der Waals surface area contributed by atoms with Crippen LogP contribution in [0.25, 0.3) is 0 Å². The summed E-state index contributed by atoms with van der Waals surface area (Å²) < 4.78 is 0. The molecule has 1 aliphatic heterocycles. The number of carboxylic acids is 1. The molecule has 1 N–H and O–H groups in total. The average Bonchev–Trinajstić information content (AvgIpc) is 3.18. The zero-order chi connectivity index (χ0) is 14.9. The second-order valence-electron chi connectivity index (χ2n) is 6.39. The molecule has 1 heterocycles. The molecule has 0 radical (unpaired) electrons. The first-order chi connectivity index (χ1) is 10.3. The minimum Gasteiger partial charge on any atom is -0.478 e. The summed E-state index contributed by atoms with van der Waals surface area (Å²) in [5, 5.41) is 8.53. The lowest BCUT2D eigenvalue weighted by Gasteiger charge is -2.18. The van der Waals surface area contributed by atoms with E-state index in [0.29, 0.717) is 0 Å². The third kappa shape index (κ3) is 7.64. The SMILES string of the molecule is O=C(O)C=CCCCC[C@H]1CSC[C@H]1CCSCC1CC1. The molecule has 0 amide bonds. The summed E-state index contributed by atoms with van der Waals surface area (Å²) in [5.74, 6) is 7.57. The Kier molecular flexibility index (Phi) is 8.08. The zero-order valence-electron chi connectivity index (χ0n) is 12.8. The Balaban J connectivity index is 1.50. The third-order valence-electron chi connectivity index (χ3n) is 4.47. The predicted octanol–water partition coefficient (Wildman–Crippen LogP) is 4.70. The van der Waals surface area contributed by atoms with Crippen LogP contribution in [-0.2, 0) is 4.79 Å². The van der Waals surface area contributed by atoms with E-state index in [9.17, 15) is 4.79 Å². The average molecular weight is 329 g/mol. The third-order valence-corrected chi connectivity index (χ3v) is 7.03. The molecule has 2 nitrogen and oxygen atoms in total. The van der Waals surface area contributed by atoms with Crippen LogP contribution in [0.1, 0.15) is 44.9 Å². The van der Waals surface area contributed by atoms with Crippen molar-refractivity contribution in [1.82, 2.24) is 0 Å². The van der Waals surface area contributed by atoms with Crippen LogP contribution in [0.3, 0.4) is 0 Å². The number of rotatable bonds is 11. The first-order valence-electron chi connectivity index (χ1n) is 8.30. The highest BCUT2D eigenvalue weighted by Crippen LogP contribution is 2.37. The van der Waals surface area contributed by atoms with Crippen LogP contribution in [0, 0.1) is 17.8 Å². The Morgan fingerprint density at radius 3 is 2.67 bits per heavy atom. The van der Waals surface area contributed by atoms with Crippen LogP contribution in [0.5, 0.6) is 0 Å². The van der Waals surface area contributed by atoms with Crippen LogP contribution in [0.2, 0.25) is 0 Å². The summed E-state index contributed by atoms with van der Waals surface area (Å²) >= 11 is 4.31. The van der Waals surface area contributed by atoms with E-state index >= 15 is 0 Å². The van der Waals surface area contributed by atoms with Crippen LogP contribution in [0.15, 0.2) is 12.2 Å².